The highest BCUT2D eigenvalue weighted by Crippen LogP contribution is 2.24. The number of nitrogens with zero attached hydrogens (tertiary/aromatic N) is 2. The molecule has 3 amide bonds. The molecular weight excluding hydrogens is 346 g/mol. The van der Waals surface area contributed by atoms with Crippen molar-refractivity contribution in [3.8, 4) is 11.5 Å². The number of hydrogen-bond donors (Lipinski definition) is 1. The van der Waals surface area contributed by atoms with Gasteiger partial charge in [-0.2, -0.15) is 0 Å². The molecule has 1 heterocycles. The van der Waals surface area contributed by atoms with Crippen LogP contribution in [0.2, 0.25) is 0 Å². The summed E-state index contributed by atoms with van der Waals surface area (Å²) in [6, 6.07) is 13.6. The van der Waals surface area contributed by atoms with Crippen LogP contribution < -0.4 is 19.7 Å². The Morgan fingerprint density at radius 3 is 2.41 bits per heavy atom. The Bertz CT molecular complexity index is 822. The summed E-state index contributed by atoms with van der Waals surface area (Å²) in [5, 5.41) is 2.83. The summed E-state index contributed by atoms with van der Waals surface area (Å²) in [6.45, 7) is 2.61. The molecule has 0 aliphatic carbocycles. The van der Waals surface area contributed by atoms with E-state index in [1.165, 1.54) is 0 Å². The van der Waals surface area contributed by atoms with Crippen molar-refractivity contribution in [3.63, 3.8) is 0 Å². The van der Waals surface area contributed by atoms with Crippen molar-refractivity contribution in [1.29, 1.82) is 0 Å². The van der Waals surface area contributed by atoms with Gasteiger partial charge in [-0.25, -0.2) is 4.79 Å². The molecule has 142 valence electrons. The van der Waals surface area contributed by atoms with Crippen LogP contribution in [-0.4, -0.2) is 50.2 Å². The molecular formula is C20H23N3O4. The molecule has 1 saturated heterocycles. The fourth-order valence-corrected chi connectivity index (χ4v) is 3.06. The number of nitrogens with one attached hydrogen (secondary N) is 1. The third-order valence-electron chi connectivity index (χ3n) is 4.62. The summed E-state index contributed by atoms with van der Waals surface area (Å²) in [4.78, 5) is 28.7. The summed E-state index contributed by atoms with van der Waals surface area (Å²) in [6.07, 6.45) is 0. The largest absolute Gasteiger partial charge is 0.497 e. The summed E-state index contributed by atoms with van der Waals surface area (Å²) in [7, 11) is 3.17. The molecule has 7 heteroatoms. The number of anilines is 2. The van der Waals surface area contributed by atoms with E-state index in [1.807, 2.05) is 24.3 Å². The number of carbonyl (C=O) groups is 2. The van der Waals surface area contributed by atoms with Gasteiger partial charge in [0.1, 0.15) is 17.5 Å². The number of rotatable bonds is 4. The van der Waals surface area contributed by atoms with Crippen molar-refractivity contribution in [1.82, 2.24) is 4.90 Å². The zero-order chi connectivity index (χ0) is 19.4. The lowest BCUT2D eigenvalue weighted by Gasteiger charge is -2.39. The Kier molecular flexibility index (Phi) is 5.49. The zero-order valence-electron chi connectivity index (χ0n) is 15.6. The number of amides is 3. The monoisotopic (exact) mass is 369 g/mol. The lowest BCUT2D eigenvalue weighted by atomic mass is 10.1. The van der Waals surface area contributed by atoms with Crippen molar-refractivity contribution in [2.24, 2.45) is 0 Å². The maximum Gasteiger partial charge on any atom is 0.322 e. The van der Waals surface area contributed by atoms with Crippen molar-refractivity contribution < 1.29 is 19.1 Å². The van der Waals surface area contributed by atoms with E-state index in [2.05, 4.69) is 5.32 Å². The molecule has 1 atom stereocenters. The van der Waals surface area contributed by atoms with E-state index in [1.54, 1.807) is 55.2 Å². The standard InChI is InChI=1S/C20H23N3O4/c1-14-19(24)23(16-7-9-17(26-2)10-8-16)12-11-22(14)20(25)21-15-5-4-6-18(13-15)27-3/h4-10,13-14H,11-12H2,1-3H3,(H,21,25)/t14-/m0/s1. The second kappa shape index (κ2) is 7.99. The Labute approximate surface area is 158 Å². The summed E-state index contributed by atoms with van der Waals surface area (Å²) < 4.78 is 10.3. The van der Waals surface area contributed by atoms with Gasteiger partial charge in [-0.15, -0.1) is 0 Å². The molecule has 0 bridgehead atoms. The van der Waals surface area contributed by atoms with Gasteiger partial charge in [0.05, 0.1) is 14.2 Å². The molecule has 2 aromatic carbocycles. The number of benzene rings is 2. The Morgan fingerprint density at radius 2 is 1.74 bits per heavy atom. The van der Waals surface area contributed by atoms with Crippen molar-refractivity contribution in [2.75, 3.05) is 37.5 Å². The number of carbonyl (C=O) groups excluding carboxylic acids is 2. The number of piperazine rings is 1. The number of methoxy groups -OCH3 is 2. The van der Waals surface area contributed by atoms with Crippen molar-refractivity contribution >= 4 is 23.3 Å². The lowest BCUT2D eigenvalue weighted by molar-refractivity contribution is -0.123. The molecule has 1 fully saturated rings. The highest BCUT2D eigenvalue weighted by molar-refractivity contribution is 6.01. The average Bonchev–Trinajstić information content (AvgIpc) is 2.70. The molecule has 2 aromatic rings. The van der Waals surface area contributed by atoms with Gasteiger partial charge in [-0.3, -0.25) is 4.79 Å². The fraction of sp³-hybridized carbons (Fsp3) is 0.300. The number of urea groups is 1. The fourth-order valence-electron chi connectivity index (χ4n) is 3.06. The van der Waals surface area contributed by atoms with Crippen LogP contribution in [0.1, 0.15) is 6.92 Å². The van der Waals surface area contributed by atoms with Crippen molar-refractivity contribution in [3.05, 3.63) is 48.5 Å². The Morgan fingerprint density at radius 1 is 1.04 bits per heavy atom. The normalized spacial score (nSPS) is 16.9. The van der Waals surface area contributed by atoms with E-state index in [0.717, 1.165) is 11.4 Å². The summed E-state index contributed by atoms with van der Waals surface area (Å²) >= 11 is 0. The topological polar surface area (TPSA) is 71.1 Å². The molecule has 7 nitrogen and oxygen atoms in total. The van der Waals surface area contributed by atoms with Crippen LogP contribution in [0.15, 0.2) is 48.5 Å². The molecule has 27 heavy (non-hydrogen) atoms. The molecule has 0 saturated carbocycles. The summed E-state index contributed by atoms with van der Waals surface area (Å²) in [5.74, 6) is 1.27. The molecule has 0 spiro atoms. The SMILES string of the molecule is COc1ccc(N2CCN(C(=O)Nc3cccc(OC)c3)[C@@H](C)C2=O)cc1. The first-order valence-corrected chi connectivity index (χ1v) is 8.70. The highest BCUT2D eigenvalue weighted by atomic mass is 16.5. The minimum Gasteiger partial charge on any atom is -0.497 e. The van der Waals surface area contributed by atoms with Gasteiger partial charge in [0.2, 0.25) is 5.91 Å². The molecule has 0 unspecified atom stereocenters. The molecule has 3 rings (SSSR count). The first-order chi connectivity index (χ1) is 13.0. The lowest BCUT2D eigenvalue weighted by Crippen LogP contribution is -2.58. The van der Waals surface area contributed by atoms with Gasteiger partial charge in [0, 0.05) is 30.5 Å². The maximum absolute atomic E-state index is 12.8. The van der Waals surface area contributed by atoms with Gasteiger partial charge >= 0.3 is 6.03 Å². The van der Waals surface area contributed by atoms with Gasteiger partial charge in [-0.05, 0) is 43.3 Å². The predicted molar refractivity (Wildman–Crippen MR) is 104 cm³/mol. The smallest absolute Gasteiger partial charge is 0.322 e. The Balaban J connectivity index is 1.68. The molecule has 0 aromatic heterocycles. The van der Waals surface area contributed by atoms with Crippen LogP contribution in [0, 0.1) is 0 Å². The predicted octanol–water partition coefficient (Wildman–Crippen LogP) is 2.97. The van der Waals surface area contributed by atoms with Crippen LogP contribution in [-0.2, 0) is 4.79 Å². The van der Waals surface area contributed by atoms with Crippen LogP contribution in [0.3, 0.4) is 0 Å². The van der Waals surface area contributed by atoms with Gasteiger partial charge in [-0.1, -0.05) is 6.07 Å². The molecule has 1 N–H and O–H groups in total. The number of hydrogen-bond acceptors (Lipinski definition) is 4. The second-order valence-corrected chi connectivity index (χ2v) is 6.22. The Hall–Kier alpha value is -3.22. The van der Waals surface area contributed by atoms with E-state index < -0.39 is 6.04 Å². The first kappa shape index (κ1) is 18.6. The van der Waals surface area contributed by atoms with Crippen LogP contribution in [0.4, 0.5) is 16.2 Å². The minimum absolute atomic E-state index is 0.118. The third-order valence-corrected chi connectivity index (χ3v) is 4.62. The van der Waals surface area contributed by atoms with Gasteiger partial charge < -0.3 is 24.6 Å². The quantitative estimate of drug-likeness (QED) is 0.899. The molecule has 0 radical (unpaired) electrons. The summed E-state index contributed by atoms with van der Waals surface area (Å²) in [5.41, 5.74) is 1.41. The van der Waals surface area contributed by atoms with E-state index in [0.29, 0.717) is 24.5 Å². The highest BCUT2D eigenvalue weighted by Gasteiger charge is 2.35. The molecule has 1 aliphatic rings. The zero-order valence-corrected chi connectivity index (χ0v) is 15.6. The second-order valence-electron chi connectivity index (χ2n) is 6.22. The minimum atomic E-state index is -0.563. The average molecular weight is 369 g/mol. The van der Waals surface area contributed by atoms with Crippen molar-refractivity contribution in [2.45, 2.75) is 13.0 Å². The third kappa shape index (κ3) is 3.97. The van der Waals surface area contributed by atoms with E-state index in [9.17, 15) is 9.59 Å². The van der Waals surface area contributed by atoms with E-state index in [-0.39, 0.29) is 11.9 Å². The van der Waals surface area contributed by atoms with E-state index in [4.69, 9.17) is 9.47 Å². The van der Waals surface area contributed by atoms with Crippen LogP contribution in [0.25, 0.3) is 0 Å². The van der Waals surface area contributed by atoms with Crippen LogP contribution >= 0.6 is 0 Å². The maximum atomic E-state index is 12.8. The number of ether oxygens (including phenoxy) is 2. The molecule has 1 aliphatic heterocycles. The first-order valence-electron chi connectivity index (χ1n) is 8.70. The van der Waals surface area contributed by atoms with Gasteiger partial charge in [0.15, 0.2) is 0 Å². The van der Waals surface area contributed by atoms with Crippen LogP contribution in [0.5, 0.6) is 11.5 Å². The van der Waals surface area contributed by atoms with E-state index >= 15 is 0 Å². The van der Waals surface area contributed by atoms with Gasteiger partial charge in [0.25, 0.3) is 0 Å².